The molecule has 1 unspecified atom stereocenters. The van der Waals surface area contributed by atoms with Gasteiger partial charge in [0, 0.05) is 31.1 Å². The maximum Gasteiger partial charge on any atom is 0.180 e. The van der Waals surface area contributed by atoms with Crippen molar-refractivity contribution in [3.63, 3.8) is 0 Å². The second-order valence-corrected chi connectivity index (χ2v) is 4.38. The number of ketones is 1. The Morgan fingerprint density at radius 3 is 3.12 bits per heavy atom. The highest BCUT2D eigenvalue weighted by molar-refractivity contribution is 5.95. The third-order valence-electron chi connectivity index (χ3n) is 3.16. The van der Waals surface area contributed by atoms with E-state index in [4.69, 9.17) is 0 Å². The van der Waals surface area contributed by atoms with Gasteiger partial charge >= 0.3 is 0 Å². The summed E-state index contributed by atoms with van der Waals surface area (Å²) in [5.74, 6) is 0.195. The molecule has 0 bridgehead atoms. The molecule has 0 aromatic carbocycles. The van der Waals surface area contributed by atoms with Gasteiger partial charge in [0.2, 0.25) is 0 Å². The number of carbonyl (C=O) groups excluding carboxylic acids is 1. The van der Waals surface area contributed by atoms with Crippen molar-refractivity contribution >= 4 is 5.78 Å². The Hall–Kier alpha value is -2.04. The molecule has 1 aliphatic rings. The van der Waals surface area contributed by atoms with Crippen LogP contribution in [0.15, 0.2) is 18.5 Å². The van der Waals surface area contributed by atoms with Crippen LogP contribution in [0.5, 0.6) is 0 Å². The number of aromatic nitrogens is 4. The van der Waals surface area contributed by atoms with Crippen molar-refractivity contribution in [3.05, 3.63) is 29.7 Å². The van der Waals surface area contributed by atoms with E-state index >= 15 is 0 Å². The number of carbonyl (C=O) groups is 1. The number of nitrogens with zero attached hydrogens (tertiary/aromatic N) is 4. The quantitative estimate of drug-likeness (QED) is 0.696. The lowest BCUT2D eigenvalue weighted by Crippen LogP contribution is -2.20. The Labute approximate surface area is 98.5 Å². The predicted octanol–water partition coefficient (Wildman–Crippen LogP) is 1.66. The molecule has 0 radical (unpaired) electrons. The van der Waals surface area contributed by atoms with Gasteiger partial charge < -0.3 is 0 Å². The van der Waals surface area contributed by atoms with Crippen LogP contribution in [0.1, 0.15) is 35.8 Å². The lowest BCUT2D eigenvalue weighted by atomic mass is 9.90. The summed E-state index contributed by atoms with van der Waals surface area (Å²) in [7, 11) is 0. The molecule has 1 aliphatic heterocycles. The van der Waals surface area contributed by atoms with Gasteiger partial charge in [0.25, 0.3) is 0 Å². The number of Topliss-reactive ketones (excluding diaryl/α,β-unsaturated/α-hetero) is 1. The molecule has 0 spiro atoms. The summed E-state index contributed by atoms with van der Waals surface area (Å²) in [4.78, 5) is 11.6. The molecule has 5 nitrogen and oxygen atoms in total. The molecule has 0 saturated heterocycles. The largest absolute Gasteiger partial charge is 0.293 e. The van der Waals surface area contributed by atoms with Gasteiger partial charge in [-0.05, 0) is 11.6 Å². The Morgan fingerprint density at radius 2 is 2.35 bits per heavy atom. The van der Waals surface area contributed by atoms with Crippen LogP contribution in [-0.2, 0) is 6.54 Å². The van der Waals surface area contributed by atoms with Crippen molar-refractivity contribution in [2.75, 3.05) is 0 Å². The molecule has 0 aliphatic carbocycles. The molecule has 86 valence electrons. The normalized spacial score (nSPS) is 17.4. The third-order valence-corrected chi connectivity index (χ3v) is 3.16. The summed E-state index contributed by atoms with van der Waals surface area (Å²) < 4.78 is 1.94. The first-order valence-corrected chi connectivity index (χ1v) is 5.57. The molecule has 0 N–H and O–H groups in total. The minimum atomic E-state index is -0.0332. The zero-order valence-corrected chi connectivity index (χ0v) is 9.71. The molecule has 0 saturated carbocycles. The maximum atomic E-state index is 11.6. The Kier molecular flexibility index (Phi) is 2.07. The standard InChI is InChI=1S/C12H12N4O/c1-7-6-16-10(3-4-14-16)9-5-13-15-12(8(2)17)11(7)9/h3-5,7H,6H2,1-2H3. The van der Waals surface area contributed by atoms with Gasteiger partial charge in [-0.2, -0.15) is 10.2 Å². The van der Waals surface area contributed by atoms with E-state index in [1.165, 1.54) is 6.92 Å². The Bertz CT molecular complexity index is 602. The van der Waals surface area contributed by atoms with Crippen LogP contribution < -0.4 is 0 Å². The van der Waals surface area contributed by atoms with Crippen LogP contribution >= 0.6 is 0 Å². The first kappa shape index (κ1) is 10.1. The van der Waals surface area contributed by atoms with Gasteiger partial charge in [-0.15, -0.1) is 5.10 Å². The molecule has 5 heteroatoms. The molecule has 2 aromatic heterocycles. The highest BCUT2D eigenvalue weighted by Crippen LogP contribution is 2.36. The monoisotopic (exact) mass is 228 g/mol. The summed E-state index contributed by atoms with van der Waals surface area (Å²) in [5, 5.41) is 12.2. The summed E-state index contributed by atoms with van der Waals surface area (Å²) >= 11 is 0. The van der Waals surface area contributed by atoms with E-state index < -0.39 is 0 Å². The first-order valence-electron chi connectivity index (χ1n) is 5.57. The summed E-state index contributed by atoms with van der Waals surface area (Å²) in [6.45, 7) is 4.39. The smallest absolute Gasteiger partial charge is 0.180 e. The van der Waals surface area contributed by atoms with E-state index in [0.29, 0.717) is 5.69 Å². The molecule has 17 heavy (non-hydrogen) atoms. The van der Waals surface area contributed by atoms with Crippen LogP contribution in [0.4, 0.5) is 0 Å². The second kappa shape index (κ2) is 3.48. The average molecular weight is 228 g/mol. The van der Waals surface area contributed by atoms with Gasteiger partial charge in [0.05, 0.1) is 11.9 Å². The highest BCUT2D eigenvalue weighted by atomic mass is 16.1. The van der Waals surface area contributed by atoms with E-state index in [-0.39, 0.29) is 11.7 Å². The fraction of sp³-hybridized carbons (Fsp3) is 0.333. The minimum absolute atomic E-state index is 0.0332. The Balaban J connectivity index is 2.32. The van der Waals surface area contributed by atoms with Crippen LogP contribution in [0.25, 0.3) is 11.3 Å². The fourth-order valence-corrected chi connectivity index (χ4v) is 2.42. The minimum Gasteiger partial charge on any atom is -0.293 e. The van der Waals surface area contributed by atoms with Crippen molar-refractivity contribution < 1.29 is 4.79 Å². The number of rotatable bonds is 1. The van der Waals surface area contributed by atoms with E-state index in [1.807, 2.05) is 10.7 Å². The van der Waals surface area contributed by atoms with Crippen molar-refractivity contribution in [2.45, 2.75) is 26.3 Å². The van der Waals surface area contributed by atoms with E-state index in [0.717, 1.165) is 23.4 Å². The summed E-state index contributed by atoms with van der Waals surface area (Å²) in [6.07, 6.45) is 3.48. The lowest BCUT2D eigenvalue weighted by Gasteiger charge is -2.24. The predicted molar refractivity (Wildman–Crippen MR) is 61.7 cm³/mol. The SMILES string of the molecule is CC(=O)c1nncc2c1C(C)Cn1nccc1-2. The molecule has 3 heterocycles. The van der Waals surface area contributed by atoms with Gasteiger partial charge in [0.15, 0.2) is 5.78 Å². The first-order chi connectivity index (χ1) is 8.18. The van der Waals surface area contributed by atoms with Gasteiger partial charge in [0.1, 0.15) is 5.69 Å². The van der Waals surface area contributed by atoms with Gasteiger partial charge in [-0.25, -0.2) is 0 Å². The fourth-order valence-electron chi connectivity index (χ4n) is 2.42. The van der Waals surface area contributed by atoms with Crippen LogP contribution in [0, 0.1) is 0 Å². The van der Waals surface area contributed by atoms with Crippen LogP contribution in [0.3, 0.4) is 0 Å². The molecule has 0 amide bonds. The zero-order chi connectivity index (χ0) is 12.0. The van der Waals surface area contributed by atoms with Crippen molar-refractivity contribution in [2.24, 2.45) is 0 Å². The zero-order valence-electron chi connectivity index (χ0n) is 9.71. The maximum absolute atomic E-state index is 11.6. The van der Waals surface area contributed by atoms with Crippen molar-refractivity contribution in [1.82, 2.24) is 20.0 Å². The molecule has 2 aromatic rings. The number of hydrogen-bond donors (Lipinski definition) is 0. The molecular formula is C12H12N4O. The van der Waals surface area contributed by atoms with Crippen molar-refractivity contribution in [3.8, 4) is 11.3 Å². The van der Waals surface area contributed by atoms with E-state index in [9.17, 15) is 4.79 Å². The van der Waals surface area contributed by atoms with Gasteiger partial charge in [-0.1, -0.05) is 6.92 Å². The number of fused-ring (bicyclic) bond motifs is 3. The van der Waals surface area contributed by atoms with Gasteiger partial charge in [-0.3, -0.25) is 9.48 Å². The molecule has 3 rings (SSSR count). The summed E-state index contributed by atoms with van der Waals surface area (Å²) in [6, 6.07) is 1.94. The third kappa shape index (κ3) is 1.39. The molecule has 1 atom stereocenters. The Morgan fingerprint density at radius 1 is 1.53 bits per heavy atom. The van der Waals surface area contributed by atoms with Crippen molar-refractivity contribution in [1.29, 1.82) is 0 Å². The van der Waals surface area contributed by atoms with Crippen LogP contribution in [-0.4, -0.2) is 25.8 Å². The van der Waals surface area contributed by atoms with E-state index in [1.54, 1.807) is 12.4 Å². The topological polar surface area (TPSA) is 60.7 Å². The van der Waals surface area contributed by atoms with Crippen LogP contribution in [0.2, 0.25) is 0 Å². The highest BCUT2D eigenvalue weighted by Gasteiger charge is 2.27. The molecule has 0 fully saturated rings. The van der Waals surface area contributed by atoms with E-state index in [2.05, 4.69) is 22.2 Å². The second-order valence-electron chi connectivity index (χ2n) is 4.38. The number of hydrogen-bond acceptors (Lipinski definition) is 4. The molecular weight excluding hydrogens is 216 g/mol. The summed E-state index contributed by atoms with van der Waals surface area (Å²) in [5.41, 5.74) is 3.47. The lowest BCUT2D eigenvalue weighted by molar-refractivity contribution is 0.101. The average Bonchev–Trinajstić information content (AvgIpc) is 2.76.